The Morgan fingerprint density at radius 3 is 1.80 bits per heavy atom. The van der Waals surface area contributed by atoms with Gasteiger partial charge in [0, 0.05) is 5.82 Å². The molecule has 2 radical (unpaired) electrons. The molecule has 1 saturated carbocycles. The SMILES string of the molecule is [B]C1C(=O)C(=O)C(=O)C1O. The van der Waals surface area contributed by atoms with Gasteiger partial charge in [-0.25, -0.2) is 0 Å². The minimum Gasteiger partial charge on any atom is -0.385 e. The molecule has 1 N–H and O–H groups in total. The van der Waals surface area contributed by atoms with Crippen molar-refractivity contribution in [1.29, 1.82) is 0 Å². The van der Waals surface area contributed by atoms with E-state index in [2.05, 4.69) is 0 Å². The first-order valence-corrected chi connectivity index (χ1v) is 2.61. The molecule has 10 heavy (non-hydrogen) atoms. The van der Waals surface area contributed by atoms with Crippen molar-refractivity contribution in [1.82, 2.24) is 0 Å². The molecule has 50 valence electrons. The summed E-state index contributed by atoms with van der Waals surface area (Å²) in [4.78, 5) is 31.3. The van der Waals surface area contributed by atoms with Crippen molar-refractivity contribution < 1.29 is 19.5 Å². The van der Waals surface area contributed by atoms with Gasteiger partial charge in [0.25, 0.3) is 5.78 Å². The summed E-state index contributed by atoms with van der Waals surface area (Å²) in [6, 6.07) is 0. The number of hydrogen-bond donors (Lipinski definition) is 1. The summed E-state index contributed by atoms with van der Waals surface area (Å²) in [6.07, 6.45) is -1.63. The molecule has 1 rings (SSSR count). The van der Waals surface area contributed by atoms with Crippen molar-refractivity contribution >= 4 is 25.2 Å². The van der Waals surface area contributed by atoms with Crippen LogP contribution in [0.15, 0.2) is 0 Å². The minimum atomic E-state index is -1.63. The van der Waals surface area contributed by atoms with Crippen molar-refractivity contribution in [3.05, 3.63) is 0 Å². The number of aliphatic hydroxyl groups excluding tert-OH is 1. The Morgan fingerprint density at radius 1 is 1.20 bits per heavy atom. The lowest BCUT2D eigenvalue weighted by Crippen LogP contribution is -2.20. The molecule has 0 saturated heterocycles. The average Bonchev–Trinajstić information content (AvgIpc) is 2.07. The lowest BCUT2D eigenvalue weighted by molar-refractivity contribution is -0.141. The van der Waals surface area contributed by atoms with Gasteiger partial charge in [0.1, 0.15) is 6.10 Å². The number of rotatable bonds is 0. The molecule has 1 aliphatic rings. The van der Waals surface area contributed by atoms with Gasteiger partial charge in [0.05, 0.1) is 7.85 Å². The van der Waals surface area contributed by atoms with Gasteiger partial charge in [-0.2, -0.15) is 0 Å². The third kappa shape index (κ3) is 0.707. The minimum absolute atomic E-state index is 1.00. The van der Waals surface area contributed by atoms with Crippen LogP contribution in [0.4, 0.5) is 0 Å². The van der Waals surface area contributed by atoms with E-state index in [1.165, 1.54) is 0 Å². The number of Topliss-reactive ketones (excluding diaryl/α,β-unsaturated/α-hetero) is 3. The molecule has 0 aromatic rings. The van der Waals surface area contributed by atoms with Crippen molar-refractivity contribution in [2.75, 3.05) is 0 Å². The summed E-state index contributed by atoms with van der Waals surface area (Å²) in [5, 5.41) is 8.69. The van der Waals surface area contributed by atoms with Crippen LogP contribution in [0.1, 0.15) is 0 Å². The zero-order chi connectivity index (χ0) is 7.89. The molecule has 2 atom stereocenters. The van der Waals surface area contributed by atoms with E-state index in [9.17, 15) is 14.4 Å². The largest absolute Gasteiger partial charge is 0.385 e. The second kappa shape index (κ2) is 2.02. The van der Waals surface area contributed by atoms with E-state index in [0.717, 1.165) is 0 Å². The molecule has 0 spiro atoms. The Hall–Kier alpha value is -0.965. The van der Waals surface area contributed by atoms with Crippen LogP contribution in [0, 0.1) is 0 Å². The van der Waals surface area contributed by atoms with Gasteiger partial charge in [-0.05, 0) is 0 Å². The lowest BCUT2D eigenvalue weighted by Gasteiger charge is -2.00. The molecular weight excluding hydrogens is 135 g/mol. The maximum absolute atomic E-state index is 10.5. The van der Waals surface area contributed by atoms with Crippen molar-refractivity contribution in [3.63, 3.8) is 0 Å². The van der Waals surface area contributed by atoms with E-state index in [-0.39, 0.29) is 0 Å². The highest BCUT2D eigenvalue weighted by atomic mass is 16.3. The van der Waals surface area contributed by atoms with E-state index in [1.54, 1.807) is 0 Å². The van der Waals surface area contributed by atoms with Crippen molar-refractivity contribution in [2.24, 2.45) is 0 Å². The smallest absolute Gasteiger partial charge is 0.266 e. The quantitative estimate of drug-likeness (QED) is 0.311. The Morgan fingerprint density at radius 2 is 1.70 bits per heavy atom. The van der Waals surface area contributed by atoms with Gasteiger partial charge in [-0.3, -0.25) is 14.4 Å². The van der Waals surface area contributed by atoms with Gasteiger partial charge >= 0.3 is 0 Å². The highest BCUT2D eigenvalue weighted by Gasteiger charge is 2.44. The zero-order valence-corrected chi connectivity index (χ0v) is 4.90. The Labute approximate surface area is 57.6 Å². The third-order valence-electron chi connectivity index (χ3n) is 1.36. The van der Waals surface area contributed by atoms with Crippen LogP contribution >= 0.6 is 0 Å². The van der Waals surface area contributed by atoms with Gasteiger partial charge in [-0.1, -0.05) is 0 Å². The standard InChI is InChI=1S/C5H3BO4/c6-1-2(7)4(9)5(10)3(1)8/h1-2,7H. The number of carbonyl (C=O) groups excluding carboxylic acids is 3. The topological polar surface area (TPSA) is 71.4 Å². The Balaban J connectivity index is 3.00. The van der Waals surface area contributed by atoms with Crippen LogP contribution in [0.5, 0.6) is 0 Å². The first kappa shape index (κ1) is 7.15. The molecular formula is C5H3BO4. The van der Waals surface area contributed by atoms with E-state index in [4.69, 9.17) is 13.0 Å². The highest BCUT2D eigenvalue weighted by Crippen LogP contribution is 2.17. The number of carbonyl (C=O) groups is 3. The maximum atomic E-state index is 10.5. The fourth-order valence-corrected chi connectivity index (χ4v) is 0.714. The van der Waals surface area contributed by atoms with Crippen LogP contribution < -0.4 is 0 Å². The number of ketones is 3. The number of hydrogen-bond acceptors (Lipinski definition) is 4. The fourth-order valence-electron chi connectivity index (χ4n) is 0.714. The molecule has 1 aliphatic carbocycles. The molecule has 1 fully saturated rings. The predicted molar refractivity (Wildman–Crippen MR) is 30.5 cm³/mol. The summed E-state index contributed by atoms with van der Waals surface area (Å²) >= 11 is 0. The molecule has 0 heterocycles. The maximum Gasteiger partial charge on any atom is 0.266 e. The molecule has 0 aromatic carbocycles. The fraction of sp³-hybridized carbons (Fsp3) is 0.400. The van der Waals surface area contributed by atoms with Crippen LogP contribution in [0.3, 0.4) is 0 Å². The van der Waals surface area contributed by atoms with E-state index >= 15 is 0 Å². The first-order valence-electron chi connectivity index (χ1n) is 2.61. The molecule has 2 unspecified atom stereocenters. The molecule has 0 aliphatic heterocycles. The van der Waals surface area contributed by atoms with Gasteiger partial charge < -0.3 is 5.11 Å². The Bertz CT molecular complexity index is 200. The summed E-state index contributed by atoms with van der Waals surface area (Å²) < 4.78 is 0. The summed E-state index contributed by atoms with van der Waals surface area (Å²) in [5.74, 6) is -4.64. The van der Waals surface area contributed by atoms with Gasteiger partial charge in [-0.15, -0.1) is 0 Å². The van der Waals surface area contributed by atoms with E-state index < -0.39 is 29.3 Å². The van der Waals surface area contributed by atoms with Crippen molar-refractivity contribution in [2.45, 2.75) is 11.9 Å². The molecule has 0 aromatic heterocycles. The summed E-state index contributed by atoms with van der Waals surface area (Å²) in [7, 11) is 4.96. The van der Waals surface area contributed by atoms with Crippen molar-refractivity contribution in [3.8, 4) is 0 Å². The molecule has 5 heteroatoms. The molecule has 0 amide bonds. The third-order valence-corrected chi connectivity index (χ3v) is 1.36. The Kier molecular flexibility index (Phi) is 1.44. The van der Waals surface area contributed by atoms with Crippen LogP contribution in [-0.2, 0) is 14.4 Å². The monoisotopic (exact) mass is 138 g/mol. The molecule has 4 nitrogen and oxygen atoms in total. The van der Waals surface area contributed by atoms with Gasteiger partial charge in [0.15, 0.2) is 0 Å². The van der Waals surface area contributed by atoms with Crippen LogP contribution in [0.25, 0.3) is 0 Å². The van der Waals surface area contributed by atoms with E-state index in [0.29, 0.717) is 0 Å². The summed E-state index contributed by atoms with van der Waals surface area (Å²) in [6.45, 7) is 0. The normalized spacial score (nSPS) is 33.5. The van der Waals surface area contributed by atoms with Gasteiger partial charge in [0.2, 0.25) is 11.6 Å². The van der Waals surface area contributed by atoms with Crippen LogP contribution in [-0.4, -0.2) is 36.4 Å². The second-order valence-electron chi connectivity index (χ2n) is 2.03. The molecule has 0 bridgehead atoms. The first-order chi connectivity index (χ1) is 4.55. The van der Waals surface area contributed by atoms with Crippen LogP contribution in [0.2, 0.25) is 5.82 Å². The highest BCUT2D eigenvalue weighted by molar-refractivity contribution is 6.73. The second-order valence-corrected chi connectivity index (χ2v) is 2.03. The lowest BCUT2D eigenvalue weighted by atomic mass is 9.83. The predicted octanol–water partition coefficient (Wildman–Crippen LogP) is -1.97. The van der Waals surface area contributed by atoms with E-state index in [1.807, 2.05) is 0 Å². The zero-order valence-electron chi connectivity index (χ0n) is 4.90. The number of aliphatic hydroxyl groups is 1. The average molecular weight is 138 g/mol. The summed E-state index contributed by atoms with van der Waals surface area (Å²) in [5.41, 5.74) is 0.